The number of anilines is 1. The minimum absolute atomic E-state index is 0.0316. The van der Waals surface area contributed by atoms with E-state index in [-0.39, 0.29) is 18.5 Å². The fourth-order valence-corrected chi connectivity index (χ4v) is 4.30. The molecule has 0 heterocycles. The number of carbonyl (C=O) groups is 2. The summed E-state index contributed by atoms with van der Waals surface area (Å²) in [5.41, 5.74) is 3.43. The van der Waals surface area contributed by atoms with Crippen LogP contribution in [0.4, 0.5) is 5.69 Å². The molecule has 0 aliphatic rings. The smallest absolute Gasteiger partial charge is 0.244 e. The summed E-state index contributed by atoms with van der Waals surface area (Å²) in [4.78, 5) is 27.8. The van der Waals surface area contributed by atoms with Gasteiger partial charge in [-0.25, -0.2) is 8.42 Å². The molecule has 0 aliphatic carbocycles. The first kappa shape index (κ1) is 27.4. The molecule has 0 unspecified atom stereocenters. The first-order valence-corrected chi connectivity index (χ1v) is 13.5. The molecule has 8 heteroatoms. The quantitative estimate of drug-likeness (QED) is 0.524. The number of hydrogen-bond acceptors (Lipinski definition) is 4. The molecule has 2 rings (SSSR count). The van der Waals surface area contributed by atoms with Crippen molar-refractivity contribution in [2.24, 2.45) is 0 Å². The number of nitrogens with one attached hydrogen (secondary N) is 1. The van der Waals surface area contributed by atoms with E-state index >= 15 is 0 Å². The van der Waals surface area contributed by atoms with Gasteiger partial charge in [0.25, 0.3) is 0 Å². The molecule has 2 aromatic carbocycles. The minimum Gasteiger partial charge on any atom is -0.352 e. The molecular formula is C26H37N3O4S. The van der Waals surface area contributed by atoms with Crippen LogP contribution in [-0.2, 0) is 32.6 Å². The van der Waals surface area contributed by atoms with E-state index in [0.717, 1.165) is 40.1 Å². The van der Waals surface area contributed by atoms with Gasteiger partial charge in [-0.05, 0) is 56.9 Å². The maximum atomic E-state index is 13.5. The van der Waals surface area contributed by atoms with Gasteiger partial charge >= 0.3 is 0 Å². The molecule has 2 aromatic rings. The van der Waals surface area contributed by atoms with Crippen LogP contribution in [0, 0.1) is 6.92 Å². The summed E-state index contributed by atoms with van der Waals surface area (Å²) < 4.78 is 26.3. The number of carbonyl (C=O) groups excluding carboxylic acids is 2. The van der Waals surface area contributed by atoms with Crippen LogP contribution in [0.3, 0.4) is 0 Å². The summed E-state index contributed by atoms with van der Waals surface area (Å²) >= 11 is 0. The molecule has 0 spiro atoms. The molecule has 0 bridgehead atoms. The standard InChI is InChI=1S/C26H37N3O4S/c1-7-20(4)27-26(31)21(5)28(17-23-11-9-19(3)10-12-23)25(30)18-29(34(6,32)33)24-15-13-22(8-2)14-16-24/h9-16,20-21H,7-8,17-18H2,1-6H3,(H,27,31)/t20-,21-/m1/s1. The van der Waals surface area contributed by atoms with Crippen LogP contribution in [0.15, 0.2) is 48.5 Å². The minimum atomic E-state index is -3.73. The molecule has 7 nitrogen and oxygen atoms in total. The van der Waals surface area contributed by atoms with Crippen LogP contribution in [0.1, 0.15) is 50.8 Å². The summed E-state index contributed by atoms with van der Waals surface area (Å²) in [5.74, 6) is -0.717. The highest BCUT2D eigenvalue weighted by Gasteiger charge is 2.30. The van der Waals surface area contributed by atoms with E-state index in [1.54, 1.807) is 19.1 Å². The molecule has 0 saturated carbocycles. The number of sulfonamides is 1. The van der Waals surface area contributed by atoms with E-state index in [4.69, 9.17) is 0 Å². The van der Waals surface area contributed by atoms with Gasteiger partial charge in [0.15, 0.2) is 0 Å². The van der Waals surface area contributed by atoms with Crippen molar-refractivity contribution in [1.29, 1.82) is 0 Å². The van der Waals surface area contributed by atoms with Crippen molar-refractivity contribution < 1.29 is 18.0 Å². The summed E-state index contributed by atoms with van der Waals surface area (Å²) in [6.45, 7) is 9.34. The first-order valence-electron chi connectivity index (χ1n) is 11.7. The van der Waals surface area contributed by atoms with Crippen molar-refractivity contribution in [2.45, 2.75) is 66.1 Å². The second-order valence-corrected chi connectivity index (χ2v) is 10.7. The van der Waals surface area contributed by atoms with Crippen LogP contribution in [0.5, 0.6) is 0 Å². The SMILES string of the molecule is CCc1ccc(N(CC(=O)N(Cc2ccc(C)cc2)[C@H](C)C(=O)N[C@H](C)CC)S(C)(=O)=O)cc1. The van der Waals surface area contributed by atoms with Gasteiger partial charge in [0.05, 0.1) is 11.9 Å². The fourth-order valence-electron chi connectivity index (χ4n) is 3.45. The second kappa shape index (κ2) is 12.0. The van der Waals surface area contributed by atoms with Gasteiger partial charge in [-0.15, -0.1) is 0 Å². The molecule has 0 fully saturated rings. The molecule has 0 aromatic heterocycles. The fraction of sp³-hybridized carbons (Fsp3) is 0.462. The van der Waals surface area contributed by atoms with Gasteiger partial charge < -0.3 is 10.2 Å². The van der Waals surface area contributed by atoms with Crippen molar-refractivity contribution in [3.05, 3.63) is 65.2 Å². The lowest BCUT2D eigenvalue weighted by Gasteiger charge is -2.32. The van der Waals surface area contributed by atoms with E-state index in [9.17, 15) is 18.0 Å². The predicted molar refractivity (Wildman–Crippen MR) is 137 cm³/mol. The average Bonchev–Trinajstić information content (AvgIpc) is 2.80. The molecule has 2 atom stereocenters. The Kier molecular flexibility index (Phi) is 9.67. The Morgan fingerprint density at radius 2 is 1.50 bits per heavy atom. The largest absolute Gasteiger partial charge is 0.352 e. The predicted octanol–water partition coefficient (Wildman–Crippen LogP) is 3.66. The Morgan fingerprint density at radius 1 is 0.941 bits per heavy atom. The van der Waals surface area contributed by atoms with Crippen molar-refractivity contribution in [3.63, 3.8) is 0 Å². The lowest BCUT2D eigenvalue weighted by atomic mass is 10.1. The van der Waals surface area contributed by atoms with Gasteiger partial charge in [0, 0.05) is 12.6 Å². The highest BCUT2D eigenvalue weighted by Crippen LogP contribution is 2.20. The van der Waals surface area contributed by atoms with Gasteiger partial charge in [0.2, 0.25) is 21.8 Å². The molecule has 0 saturated heterocycles. The van der Waals surface area contributed by atoms with Crippen LogP contribution < -0.4 is 9.62 Å². The Hall–Kier alpha value is -2.87. The Balaban J connectivity index is 2.36. The Morgan fingerprint density at radius 3 is 2.00 bits per heavy atom. The highest BCUT2D eigenvalue weighted by molar-refractivity contribution is 7.92. The maximum absolute atomic E-state index is 13.5. The van der Waals surface area contributed by atoms with E-state index in [0.29, 0.717) is 5.69 Å². The number of amides is 2. The normalized spacial score (nSPS) is 13.1. The van der Waals surface area contributed by atoms with Crippen molar-refractivity contribution >= 4 is 27.5 Å². The number of aryl methyl sites for hydroxylation is 2. The number of nitrogens with zero attached hydrogens (tertiary/aromatic N) is 2. The zero-order chi connectivity index (χ0) is 25.5. The summed E-state index contributed by atoms with van der Waals surface area (Å²) in [5, 5.41) is 2.92. The Bertz CT molecular complexity index is 1070. The number of hydrogen-bond donors (Lipinski definition) is 1. The van der Waals surface area contributed by atoms with E-state index in [1.807, 2.05) is 64.1 Å². The molecule has 0 radical (unpaired) electrons. The van der Waals surface area contributed by atoms with E-state index in [2.05, 4.69) is 5.32 Å². The van der Waals surface area contributed by atoms with Gasteiger partial charge in [-0.2, -0.15) is 0 Å². The number of benzene rings is 2. The number of rotatable bonds is 11. The van der Waals surface area contributed by atoms with Crippen molar-refractivity contribution in [1.82, 2.24) is 10.2 Å². The lowest BCUT2D eigenvalue weighted by Crippen LogP contribution is -2.52. The monoisotopic (exact) mass is 487 g/mol. The van der Waals surface area contributed by atoms with Crippen LogP contribution in [0.2, 0.25) is 0 Å². The van der Waals surface area contributed by atoms with Gasteiger partial charge in [-0.3, -0.25) is 13.9 Å². The van der Waals surface area contributed by atoms with E-state index in [1.165, 1.54) is 4.90 Å². The van der Waals surface area contributed by atoms with Crippen LogP contribution >= 0.6 is 0 Å². The molecule has 2 amide bonds. The lowest BCUT2D eigenvalue weighted by molar-refractivity contribution is -0.139. The summed E-state index contributed by atoms with van der Waals surface area (Å²) in [7, 11) is -3.73. The zero-order valence-corrected chi connectivity index (χ0v) is 21.9. The molecule has 186 valence electrons. The van der Waals surface area contributed by atoms with Crippen LogP contribution in [0.25, 0.3) is 0 Å². The van der Waals surface area contributed by atoms with Crippen LogP contribution in [-0.4, -0.2) is 50.0 Å². The third kappa shape index (κ3) is 7.58. The first-order chi connectivity index (χ1) is 16.0. The molecular weight excluding hydrogens is 450 g/mol. The maximum Gasteiger partial charge on any atom is 0.244 e. The second-order valence-electron chi connectivity index (χ2n) is 8.79. The molecule has 1 N–H and O–H groups in total. The van der Waals surface area contributed by atoms with Crippen molar-refractivity contribution in [2.75, 3.05) is 17.1 Å². The summed E-state index contributed by atoms with van der Waals surface area (Å²) in [6.07, 6.45) is 2.67. The average molecular weight is 488 g/mol. The third-order valence-corrected chi connectivity index (χ3v) is 7.09. The van der Waals surface area contributed by atoms with Gasteiger partial charge in [-0.1, -0.05) is 55.8 Å². The summed E-state index contributed by atoms with van der Waals surface area (Å²) in [6, 6.07) is 14.0. The van der Waals surface area contributed by atoms with E-state index < -0.39 is 28.5 Å². The van der Waals surface area contributed by atoms with Crippen molar-refractivity contribution in [3.8, 4) is 0 Å². The Labute approximate surface area is 204 Å². The highest BCUT2D eigenvalue weighted by atomic mass is 32.2. The molecule has 0 aliphatic heterocycles. The van der Waals surface area contributed by atoms with Gasteiger partial charge in [0.1, 0.15) is 12.6 Å². The zero-order valence-electron chi connectivity index (χ0n) is 21.0. The topological polar surface area (TPSA) is 86.8 Å². The molecule has 34 heavy (non-hydrogen) atoms. The third-order valence-electron chi connectivity index (χ3n) is 5.95.